The standard InChI is InChI=1S/C15H23NO2/c1-2-3-11-16(14-10-7-12-18-14)15(17)13-8-5-4-6-9-13/h7,10,12-13H,2-6,8-9,11H2,1H3. The lowest BCUT2D eigenvalue weighted by molar-refractivity contribution is -0.123. The van der Waals surface area contributed by atoms with E-state index in [-0.39, 0.29) is 11.8 Å². The average Bonchev–Trinajstić information content (AvgIpc) is 2.94. The van der Waals surface area contributed by atoms with Crippen molar-refractivity contribution in [2.24, 2.45) is 5.92 Å². The summed E-state index contributed by atoms with van der Waals surface area (Å²) in [4.78, 5) is 14.4. The third-order valence-corrected chi connectivity index (χ3v) is 3.73. The van der Waals surface area contributed by atoms with Gasteiger partial charge in [-0.05, 0) is 25.3 Å². The molecule has 1 amide bonds. The lowest BCUT2D eigenvalue weighted by Crippen LogP contribution is -2.37. The molecule has 3 nitrogen and oxygen atoms in total. The van der Waals surface area contributed by atoms with Crippen LogP contribution in [0.2, 0.25) is 0 Å². The molecule has 0 saturated heterocycles. The van der Waals surface area contributed by atoms with Crippen LogP contribution in [-0.4, -0.2) is 12.5 Å². The molecule has 1 aromatic rings. The molecule has 0 atom stereocenters. The van der Waals surface area contributed by atoms with Gasteiger partial charge in [0.1, 0.15) is 0 Å². The van der Waals surface area contributed by atoms with Crippen LogP contribution in [0.1, 0.15) is 51.9 Å². The minimum Gasteiger partial charge on any atom is -0.448 e. The Morgan fingerprint density at radius 1 is 1.39 bits per heavy atom. The molecule has 0 N–H and O–H groups in total. The molecule has 1 heterocycles. The molecule has 1 aliphatic rings. The van der Waals surface area contributed by atoms with Crippen LogP contribution in [0.3, 0.4) is 0 Å². The number of rotatable bonds is 5. The predicted octanol–water partition coefficient (Wildman–Crippen LogP) is 3.99. The SMILES string of the molecule is CCCCN(C(=O)C1CCCCC1)c1ccco1. The lowest BCUT2D eigenvalue weighted by atomic mass is 9.88. The van der Waals surface area contributed by atoms with Gasteiger partial charge in [0.05, 0.1) is 6.26 Å². The number of unbranched alkanes of at least 4 members (excludes halogenated alkanes) is 1. The molecular weight excluding hydrogens is 226 g/mol. The smallest absolute Gasteiger partial charge is 0.232 e. The Morgan fingerprint density at radius 2 is 2.17 bits per heavy atom. The van der Waals surface area contributed by atoms with E-state index >= 15 is 0 Å². The minimum atomic E-state index is 0.209. The fraction of sp³-hybridized carbons (Fsp3) is 0.667. The van der Waals surface area contributed by atoms with E-state index in [1.54, 1.807) is 6.26 Å². The topological polar surface area (TPSA) is 33.5 Å². The quantitative estimate of drug-likeness (QED) is 0.790. The summed E-state index contributed by atoms with van der Waals surface area (Å²) in [5.41, 5.74) is 0. The van der Waals surface area contributed by atoms with Gasteiger partial charge >= 0.3 is 0 Å². The number of anilines is 1. The molecule has 1 aromatic heterocycles. The van der Waals surface area contributed by atoms with E-state index in [0.717, 1.165) is 32.2 Å². The van der Waals surface area contributed by atoms with E-state index in [9.17, 15) is 4.79 Å². The highest BCUT2D eigenvalue weighted by atomic mass is 16.3. The van der Waals surface area contributed by atoms with Gasteiger partial charge in [-0.3, -0.25) is 9.69 Å². The van der Waals surface area contributed by atoms with Gasteiger partial charge < -0.3 is 4.42 Å². The van der Waals surface area contributed by atoms with Crippen LogP contribution in [0.15, 0.2) is 22.8 Å². The van der Waals surface area contributed by atoms with Gasteiger partial charge in [0.15, 0.2) is 0 Å². The molecular formula is C15H23NO2. The number of hydrogen-bond acceptors (Lipinski definition) is 2. The Bertz CT molecular complexity index is 353. The van der Waals surface area contributed by atoms with Crippen LogP contribution in [0, 0.1) is 5.92 Å². The van der Waals surface area contributed by atoms with Crippen LogP contribution in [0.25, 0.3) is 0 Å². The van der Waals surface area contributed by atoms with Gasteiger partial charge in [0.2, 0.25) is 11.8 Å². The van der Waals surface area contributed by atoms with Gasteiger partial charge in [-0.2, -0.15) is 0 Å². The number of carbonyl (C=O) groups is 1. The lowest BCUT2D eigenvalue weighted by Gasteiger charge is -2.27. The number of carbonyl (C=O) groups excluding carboxylic acids is 1. The molecule has 1 aliphatic carbocycles. The highest BCUT2D eigenvalue weighted by molar-refractivity contribution is 5.93. The summed E-state index contributed by atoms with van der Waals surface area (Å²) in [5.74, 6) is 1.18. The Morgan fingerprint density at radius 3 is 2.78 bits per heavy atom. The largest absolute Gasteiger partial charge is 0.448 e. The van der Waals surface area contributed by atoms with Gasteiger partial charge in [-0.15, -0.1) is 0 Å². The van der Waals surface area contributed by atoms with Gasteiger partial charge in [0.25, 0.3) is 0 Å². The maximum atomic E-state index is 12.6. The van der Waals surface area contributed by atoms with E-state index in [0.29, 0.717) is 5.88 Å². The highest BCUT2D eigenvalue weighted by Gasteiger charge is 2.27. The molecule has 0 aliphatic heterocycles. The second-order valence-electron chi connectivity index (χ2n) is 5.13. The molecule has 2 rings (SSSR count). The molecule has 0 bridgehead atoms. The first-order valence-electron chi connectivity index (χ1n) is 7.18. The highest BCUT2D eigenvalue weighted by Crippen LogP contribution is 2.28. The fourth-order valence-corrected chi connectivity index (χ4v) is 2.64. The monoisotopic (exact) mass is 249 g/mol. The van der Waals surface area contributed by atoms with Crippen molar-refractivity contribution in [1.29, 1.82) is 0 Å². The second kappa shape index (κ2) is 6.62. The summed E-state index contributed by atoms with van der Waals surface area (Å²) in [6.45, 7) is 2.92. The minimum absolute atomic E-state index is 0.209. The van der Waals surface area contributed by atoms with Crippen LogP contribution in [-0.2, 0) is 4.79 Å². The van der Waals surface area contributed by atoms with E-state index in [4.69, 9.17) is 4.42 Å². The van der Waals surface area contributed by atoms with Crippen molar-refractivity contribution in [1.82, 2.24) is 0 Å². The molecule has 1 saturated carbocycles. The zero-order valence-electron chi connectivity index (χ0n) is 11.2. The van der Waals surface area contributed by atoms with E-state index in [1.165, 1.54) is 19.3 Å². The number of amides is 1. The van der Waals surface area contributed by atoms with Crippen LogP contribution in [0.5, 0.6) is 0 Å². The molecule has 0 aromatic carbocycles. The number of furan rings is 1. The fourth-order valence-electron chi connectivity index (χ4n) is 2.64. The zero-order chi connectivity index (χ0) is 12.8. The zero-order valence-corrected chi connectivity index (χ0v) is 11.2. The first-order chi connectivity index (χ1) is 8.83. The van der Waals surface area contributed by atoms with Crippen molar-refractivity contribution in [2.75, 3.05) is 11.4 Å². The first-order valence-corrected chi connectivity index (χ1v) is 7.18. The van der Waals surface area contributed by atoms with Gasteiger partial charge in [0, 0.05) is 18.5 Å². The Balaban J connectivity index is 2.05. The summed E-state index contributed by atoms with van der Waals surface area (Å²) in [6.07, 6.45) is 9.51. The van der Waals surface area contributed by atoms with Crippen LogP contribution >= 0.6 is 0 Å². The van der Waals surface area contributed by atoms with Crippen molar-refractivity contribution >= 4 is 11.8 Å². The second-order valence-corrected chi connectivity index (χ2v) is 5.13. The Labute approximate surface area is 109 Å². The average molecular weight is 249 g/mol. The van der Waals surface area contributed by atoms with Crippen molar-refractivity contribution < 1.29 is 9.21 Å². The number of nitrogens with zero attached hydrogens (tertiary/aromatic N) is 1. The summed E-state index contributed by atoms with van der Waals surface area (Å²) in [7, 11) is 0. The third-order valence-electron chi connectivity index (χ3n) is 3.73. The predicted molar refractivity (Wildman–Crippen MR) is 72.5 cm³/mol. The third kappa shape index (κ3) is 3.15. The summed E-state index contributed by atoms with van der Waals surface area (Å²) in [5, 5.41) is 0. The van der Waals surface area contributed by atoms with Crippen molar-refractivity contribution in [3.8, 4) is 0 Å². The number of hydrogen-bond donors (Lipinski definition) is 0. The van der Waals surface area contributed by atoms with Crippen LogP contribution < -0.4 is 4.90 Å². The van der Waals surface area contributed by atoms with E-state index in [2.05, 4.69) is 6.92 Å². The maximum absolute atomic E-state index is 12.6. The van der Waals surface area contributed by atoms with E-state index in [1.807, 2.05) is 17.0 Å². The first kappa shape index (κ1) is 13.2. The van der Waals surface area contributed by atoms with Crippen molar-refractivity contribution in [3.63, 3.8) is 0 Å². The van der Waals surface area contributed by atoms with Gasteiger partial charge in [-0.25, -0.2) is 0 Å². The van der Waals surface area contributed by atoms with Crippen LogP contribution in [0.4, 0.5) is 5.88 Å². The Kier molecular flexibility index (Phi) is 4.85. The maximum Gasteiger partial charge on any atom is 0.232 e. The molecule has 3 heteroatoms. The normalized spacial score (nSPS) is 16.7. The molecule has 0 unspecified atom stereocenters. The summed E-state index contributed by atoms with van der Waals surface area (Å²) in [6, 6.07) is 3.73. The van der Waals surface area contributed by atoms with E-state index < -0.39 is 0 Å². The molecule has 1 fully saturated rings. The molecule has 18 heavy (non-hydrogen) atoms. The van der Waals surface area contributed by atoms with Gasteiger partial charge in [-0.1, -0.05) is 32.6 Å². The summed E-state index contributed by atoms with van der Waals surface area (Å²) >= 11 is 0. The summed E-state index contributed by atoms with van der Waals surface area (Å²) < 4.78 is 5.41. The van der Waals surface area contributed by atoms with Crippen molar-refractivity contribution in [2.45, 2.75) is 51.9 Å². The molecule has 0 radical (unpaired) electrons. The van der Waals surface area contributed by atoms with Crippen molar-refractivity contribution in [3.05, 3.63) is 18.4 Å². The molecule has 100 valence electrons. The Hall–Kier alpha value is -1.25. The molecule has 0 spiro atoms.